The second kappa shape index (κ2) is 4.10. The van der Waals surface area contributed by atoms with Crippen LogP contribution in [0.5, 0.6) is 5.75 Å². The van der Waals surface area contributed by atoms with Gasteiger partial charge in [-0.3, -0.25) is 0 Å². The first-order valence-corrected chi connectivity index (χ1v) is 7.30. The van der Waals surface area contributed by atoms with Crippen LogP contribution in [-0.4, -0.2) is 22.3 Å². The summed E-state index contributed by atoms with van der Waals surface area (Å²) >= 11 is 8.95. The van der Waals surface area contributed by atoms with Crippen molar-refractivity contribution in [2.75, 3.05) is 6.54 Å². The average Bonchev–Trinajstić information content (AvgIpc) is 2.30. The van der Waals surface area contributed by atoms with Gasteiger partial charge in [-0.25, -0.2) is 0 Å². The van der Waals surface area contributed by atoms with Crippen molar-refractivity contribution in [3.63, 3.8) is 0 Å². The molecule has 2 aliphatic heterocycles. The van der Waals surface area contributed by atoms with E-state index >= 15 is 0 Å². The van der Waals surface area contributed by atoms with Crippen molar-refractivity contribution >= 4 is 33.3 Å². The lowest BCUT2D eigenvalue weighted by molar-refractivity contribution is -0.0658. The first-order valence-electron chi connectivity index (χ1n) is 6.10. The van der Waals surface area contributed by atoms with Gasteiger partial charge in [0.25, 0.3) is 0 Å². The largest absolute Gasteiger partial charge is 0.468 e. The van der Waals surface area contributed by atoms with E-state index in [9.17, 15) is 0 Å². The summed E-state index contributed by atoms with van der Waals surface area (Å²) < 4.78 is 7.27. The first-order chi connectivity index (χ1) is 8.53. The van der Waals surface area contributed by atoms with Gasteiger partial charge in [0.2, 0.25) is 0 Å². The van der Waals surface area contributed by atoms with E-state index in [0.717, 1.165) is 28.3 Å². The number of thiocarbonyl (C=S) groups is 1. The molecule has 5 heteroatoms. The molecule has 0 aliphatic carbocycles. The number of ether oxygens (including phenoxy) is 1. The quantitative estimate of drug-likeness (QED) is 0.801. The van der Waals surface area contributed by atoms with Crippen molar-refractivity contribution in [2.45, 2.75) is 32.0 Å². The van der Waals surface area contributed by atoms with Gasteiger partial charge in [-0.1, -0.05) is 15.9 Å². The van der Waals surface area contributed by atoms with Gasteiger partial charge in [-0.15, -0.1) is 0 Å². The molecule has 0 aromatic heterocycles. The summed E-state index contributed by atoms with van der Waals surface area (Å²) in [7, 11) is 0. The van der Waals surface area contributed by atoms with E-state index in [1.807, 2.05) is 12.1 Å². The van der Waals surface area contributed by atoms with Crippen molar-refractivity contribution in [3.8, 4) is 5.75 Å². The molecule has 3 nitrogen and oxygen atoms in total. The fourth-order valence-corrected chi connectivity index (χ4v) is 3.71. The molecule has 2 heterocycles. The molecule has 1 aromatic carbocycles. The van der Waals surface area contributed by atoms with Gasteiger partial charge < -0.3 is 15.0 Å². The minimum atomic E-state index is -0.331. The highest BCUT2D eigenvalue weighted by Gasteiger charge is 2.46. The molecule has 1 N–H and O–H groups in total. The molecule has 2 atom stereocenters. The standard InChI is InChI=1S/C13H15BrN2OS/c1-3-16-12(18)15-10-7-13(16,2)17-11-5-4-8(14)6-9(10)11/h4-6,10H,3,7H2,1-2H3,(H,15,18)/t10-,13-/m0/s1. The molecule has 3 rings (SSSR count). The number of rotatable bonds is 1. The zero-order valence-corrected chi connectivity index (χ0v) is 12.8. The number of benzene rings is 1. The highest BCUT2D eigenvalue weighted by Crippen LogP contribution is 2.44. The van der Waals surface area contributed by atoms with Crippen molar-refractivity contribution in [1.29, 1.82) is 0 Å². The van der Waals surface area contributed by atoms with E-state index in [2.05, 4.69) is 46.1 Å². The normalized spacial score (nSPS) is 29.4. The molecular formula is C13H15BrN2OS. The van der Waals surface area contributed by atoms with Crippen molar-refractivity contribution in [3.05, 3.63) is 28.2 Å². The van der Waals surface area contributed by atoms with E-state index in [1.165, 1.54) is 5.56 Å². The fraction of sp³-hybridized carbons (Fsp3) is 0.462. The maximum absolute atomic E-state index is 6.20. The van der Waals surface area contributed by atoms with E-state index < -0.39 is 0 Å². The Balaban J connectivity index is 2.08. The molecule has 2 aliphatic rings. The lowest BCUT2D eigenvalue weighted by Crippen LogP contribution is -2.64. The fourth-order valence-electron chi connectivity index (χ4n) is 2.87. The maximum atomic E-state index is 6.20. The predicted molar refractivity (Wildman–Crippen MR) is 78.6 cm³/mol. The van der Waals surface area contributed by atoms with Crippen LogP contribution in [0.3, 0.4) is 0 Å². The molecule has 96 valence electrons. The van der Waals surface area contributed by atoms with E-state index in [1.54, 1.807) is 0 Å². The van der Waals surface area contributed by atoms with Gasteiger partial charge in [-0.05, 0) is 44.3 Å². The summed E-state index contributed by atoms with van der Waals surface area (Å²) in [4.78, 5) is 2.11. The van der Waals surface area contributed by atoms with Crippen LogP contribution in [0.25, 0.3) is 0 Å². The maximum Gasteiger partial charge on any atom is 0.184 e. The predicted octanol–water partition coefficient (Wildman–Crippen LogP) is 3.20. The topological polar surface area (TPSA) is 24.5 Å². The number of hydrogen-bond donors (Lipinski definition) is 1. The molecule has 2 bridgehead atoms. The van der Waals surface area contributed by atoms with E-state index in [4.69, 9.17) is 17.0 Å². The monoisotopic (exact) mass is 326 g/mol. The van der Waals surface area contributed by atoms with Gasteiger partial charge >= 0.3 is 0 Å². The number of halogens is 1. The lowest BCUT2D eigenvalue weighted by atomic mass is 9.91. The van der Waals surface area contributed by atoms with Crippen molar-refractivity contribution in [2.24, 2.45) is 0 Å². The van der Waals surface area contributed by atoms with Gasteiger partial charge in [0.1, 0.15) is 5.75 Å². The molecular weight excluding hydrogens is 312 g/mol. The Bertz CT molecular complexity index is 522. The zero-order valence-electron chi connectivity index (χ0n) is 10.4. The van der Waals surface area contributed by atoms with Crippen LogP contribution in [0.15, 0.2) is 22.7 Å². The minimum absolute atomic E-state index is 0.242. The Labute approximate surface area is 121 Å². The Morgan fingerprint density at radius 1 is 1.61 bits per heavy atom. The van der Waals surface area contributed by atoms with Crippen LogP contribution in [0.4, 0.5) is 0 Å². The number of nitrogens with zero attached hydrogens (tertiary/aromatic N) is 1. The van der Waals surface area contributed by atoms with Crippen LogP contribution in [0, 0.1) is 0 Å². The summed E-state index contributed by atoms with van der Waals surface area (Å²) in [5.41, 5.74) is 0.850. The summed E-state index contributed by atoms with van der Waals surface area (Å²) in [6, 6.07) is 6.38. The van der Waals surface area contributed by atoms with Crippen LogP contribution in [0.1, 0.15) is 31.9 Å². The SMILES string of the molecule is CCN1C(=S)N[C@H]2C[C@]1(C)Oc1ccc(Br)cc12. The molecule has 18 heavy (non-hydrogen) atoms. The van der Waals surface area contributed by atoms with Crippen LogP contribution in [-0.2, 0) is 0 Å². The van der Waals surface area contributed by atoms with Gasteiger partial charge in [0.15, 0.2) is 10.8 Å². The van der Waals surface area contributed by atoms with Crippen LogP contribution in [0.2, 0.25) is 0 Å². The Hall–Kier alpha value is -0.810. The van der Waals surface area contributed by atoms with Crippen LogP contribution >= 0.6 is 28.1 Å². The van der Waals surface area contributed by atoms with E-state index in [0.29, 0.717) is 0 Å². The Kier molecular flexibility index (Phi) is 2.79. The third-order valence-electron chi connectivity index (χ3n) is 3.69. The van der Waals surface area contributed by atoms with Crippen molar-refractivity contribution in [1.82, 2.24) is 10.2 Å². The Morgan fingerprint density at radius 2 is 2.39 bits per heavy atom. The molecule has 0 amide bonds. The molecule has 1 saturated heterocycles. The molecule has 0 unspecified atom stereocenters. The summed E-state index contributed by atoms with van der Waals surface area (Å²) in [6.45, 7) is 5.06. The van der Waals surface area contributed by atoms with Crippen LogP contribution < -0.4 is 10.1 Å². The molecule has 0 radical (unpaired) electrons. The molecule has 1 aromatic rings. The number of fused-ring (bicyclic) bond motifs is 4. The molecule has 0 spiro atoms. The summed E-state index contributed by atoms with van der Waals surface area (Å²) in [5.74, 6) is 0.949. The molecule has 1 fully saturated rings. The Morgan fingerprint density at radius 3 is 3.11 bits per heavy atom. The van der Waals surface area contributed by atoms with Gasteiger partial charge in [0, 0.05) is 23.0 Å². The first kappa shape index (κ1) is 12.2. The van der Waals surface area contributed by atoms with E-state index in [-0.39, 0.29) is 11.8 Å². The summed E-state index contributed by atoms with van der Waals surface area (Å²) in [5, 5.41) is 4.19. The minimum Gasteiger partial charge on any atom is -0.468 e. The lowest BCUT2D eigenvalue weighted by Gasteiger charge is -2.52. The summed E-state index contributed by atoms with van der Waals surface area (Å²) in [6.07, 6.45) is 0.907. The number of hydrogen-bond acceptors (Lipinski definition) is 2. The third kappa shape index (κ3) is 1.72. The van der Waals surface area contributed by atoms with Crippen molar-refractivity contribution < 1.29 is 4.74 Å². The smallest absolute Gasteiger partial charge is 0.184 e. The highest BCUT2D eigenvalue weighted by molar-refractivity contribution is 9.10. The second-order valence-electron chi connectivity index (χ2n) is 4.91. The van der Waals surface area contributed by atoms with Gasteiger partial charge in [-0.2, -0.15) is 0 Å². The zero-order chi connectivity index (χ0) is 12.9. The van der Waals surface area contributed by atoms with Gasteiger partial charge in [0.05, 0.1) is 6.04 Å². The second-order valence-corrected chi connectivity index (χ2v) is 6.21. The number of nitrogens with one attached hydrogen (secondary N) is 1. The average molecular weight is 327 g/mol. The highest BCUT2D eigenvalue weighted by atomic mass is 79.9. The molecule has 0 saturated carbocycles. The third-order valence-corrected chi connectivity index (χ3v) is 4.52.